The van der Waals surface area contributed by atoms with E-state index in [-0.39, 0.29) is 0 Å². The fourth-order valence-corrected chi connectivity index (χ4v) is 2.26. The first-order valence-corrected chi connectivity index (χ1v) is 6.77. The number of fused-ring (bicyclic) bond motifs is 1. The zero-order valence-electron chi connectivity index (χ0n) is 10.8. The Morgan fingerprint density at radius 2 is 2.16 bits per heavy atom. The van der Waals surface area contributed by atoms with Crippen LogP contribution in [0.3, 0.4) is 0 Å². The average molecular weight is 323 g/mol. The van der Waals surface area contributed by atoms with Crippen molar-refractivity contribution >= 4 is 38.6 Å². The van der Waals surface area contributed by atoms with E-state index >= 15 is 0 Å². The highest BCUT2D eigenvalue weighted by molar-refractivity contribution is 9.10. The number of nitrogens with zero attached hydrogens (tertiary/aromatic N) is 2. The summed E-state index contributed by atoms with van der Waals surface area (Å²) >= 11 is 3.43. The molecule has 0 aliphatic heterocycles. The second kappa shape index (κ2) is 5.57. The summed E-state index contributed by atoms with van der Waals surface area (Å²) in [5, 5.41) is 9.98. The lowest BCUT2D eigenvalue weighted by molar-refractivity contribution is -0.140. The smallest absolute Gasteiger partial charge is 0.308 e. The van der Waals surface area contributed by atoms with E-state index in [4.69, 9.17) is 5.11 Å². The van der Waals surface area contributed by atoms with Crippen molar-refractivity contribution in [3.63, 3.8) is 0 Å². The molecule has 0 amide bonds. The molecule has 4 nitrogen and oxygen atoms in total. The number of carboxylic acid groups (broad SMARTS) is 1. The number of benzene rings is 1. The van der Waals surface area contributed by atoms with Crippen molar-refractivity contribution in [2.45, 2.75) is 6.92 Å². The first-order chi connectivity index (χ1) is 8.97. The van der Waals surface area contributed by atoms with Crippen LogP contribution in [0.25, 0.3) is 10.9 Å². The van der Waals surface area contributed by atoms with Crippen LogP contribution >= 0.6 is 15.9 Å². The van der Waals surface area contributed by atoms with Gasteiger partial charge >= 0.3 is 5.97 Å². The number of anilines is 1. The van der Waals surface area contributed by atoms with Crippen LogP contribution in [0.15, 0.2) is 34.8 Å². The van der Waals surface area contributed by atoms with Crippen LogP contribution in [-0.4, -0.2) is 29.7 Å². The third-order valence-corrected chi connectivity index (χ3v) is 3.49. The van der Waals surface area contributed by atoms with Gasteiger partial charge in [-0.25, -0.2) is 4.98 Å². The minimum Gasteiger partial charge on any atom is -0.481 e. The van der Waals surface area contributed by atoms with Crippen molar-refractivity contribution in [1.82, 2.24) is 4.98 Å². The Kier molecular flexibility index (Phi) is 4.04. The normalized spacial score (nSPS) is 12.4. The molecule has 1 aromatic heterocycles. The third-order valence-electron chi connectivity index (χ3n) is 3.00. The van der Waals surface area contributed by atoms with E-state index in [0.717, 1.165) is 21.2 Å². The Bertz CT molecular complexity index is 615. The molecule has 5 heteroatoms. The molecular formula is C14H15BrN2O2. The van der Waals surface area contributed by atoms with Crippen LogP contribution in [0, 0.1) is 5.92 Å². The first kappa shape index (κ1) is 13.8. The zero-order chi connectivity index (χ0) is 14.0. The molecule has 0 saturated heterocycles. The number of hydrogen-bond donors (Lipinski definition) is 1. The Labute approximate surface area is 120 Å². The minimum atomic E-state index is -0.795. The van der Waals surface area contributed by atoms with Crippen LogP contribution in [0.5, 0.6) is 0 Å². The summed E-state index contributed by atoms with van der Waals surface area (Å²) in [5.74, 6) is -0.438. The molecule has 1 atom stereocenters. The molecule has 1 aromatic carbocycles. The molecule has 0 spiro atoms. The van der Waals surface area contributed by atoms with Crippen molar-refractivity contribution in [1.29, 1.82) is 0 Å². The Hall–Kier alpha value is -1.62. The molecule has 100 valence electrons. The summed E-state index contributed by atoms with van der Waals surface area (Å²) in [7, 11) is 1.85. The number of carbonyl (C=O) groups is 1. The molecule has 2 aromatic rings. The second-order valence-corrected chi connectivity index (χ2v) is 5.54. The fraction of sp³-hybridized carbons (Fsp3) is 0.286. The van der Waals surface area contributed by atoms with Crippen LogP contribution in [0.2, 0.25) is 0 Å². The SMILES string of the molecule is CC(CN(C)c1ccc2cc(Br)ccc2n1)C(=O)O. The highest BCUT2D eigenvalue weighted by Gasteiger charge is 2.14. The summed E-state index contributed by atoms with van der Waals surface area (Å²) < 4.78 is 1.02. The average Bonchev–Trinajstić information content (AvgIpc) is 2.37. The van der Waals surface area contributed by atoms with Gasteiger partial charge in [0.2, 0.25) is 0 Å². The number of aliphatic carboxylic acids is 1. The summed E-state index contributed by atoms with van der Waals surface area (Å²) in [6.45, 7) is 2.13. The van der Waals surface area contributed by atoms with Gasteiger partial charge in [0, 0.05) is 23.5 Å². The molecule has 0 fully saturated rings. The van der Waals surface area contributed by atoms with E-state index in [1.165, 1.54) is 0 Å². The monoisotopic (exact) mass is 322 g/mol. The predicted molar refractivity (Wildman–Crippen MR) is 79.5 cm³/mol. The standard InChI is InChI=1S/C14H15BrN2O2/c1-9(14(18)19)8-17(2)13-6-3-10-7-11(15)4-5-12(10)16-13/h3-7,9H,8H2,1-2H3,(H,18,19). The molecule has 1 unspecified atom stereocenters. The van der Waals surface area contributed by atoms with Gasteiger partial charge in [0.05, 0.1) is 11.4 Å². The fourth-order valence-electron chi connectivity index (χ4n) is 1.88. The van der Waals surface area contributed by atoms with Gasteiger partial charge in [0.1, 0.15) is 5.82 Å². The molecule has 1 heterocycles. The lowest BCUT2D eigenvalue weighted by atomic mass is 10.1. The van der Waals surface area contributed by atoms with Crippen molar-refractivity contribution in [2.75, 3.05) is 18.5 Å². The molecule has 0 aliphatic carbocycles. The van der Waals surface area contributed by atoms with Gasteiger partial charge in [-0.05, 0) is 30.3 Å². The maximum Gasteiger partial charge on any atom is 0.308 e. The Morgan fingerprint density at radius 1 is 1.42 bits per heavy atom. The highest BCUT2D eigenvalue weighted by atomic mass is 79.9. The summed E-state index contributed by atoms with van der Waals surface area (Å²) in [6.07, 6.45) is 0. The number of rotatable bonds is 4. The van der Waals surface area contributed by atoms with Gasteiger partial charge in [-0.15, -0.1) is 0 Å². The van der Waals surface area contributed by atoms with Gasteiger partial charge in [-0.3, -0.25) is 4.79 Å². The second-order valence-electron chi connectivity index (χ2n) is 4.63. The van der Waals surface area contributed by atoms with Crippen LogP contribution in [0.1, 0.15) is 6.92 Å². The Balaban J connectivity index is 2.25. The molecule has 0 saturated carbocycles. The van der Waals surface area contributed by atoms with Crippen LogP contribution < -0.4 is 4.90 Å². The lowest BCUT2D eigenvalue weighted by Gasteiger charge is -2.20. The predicted octanol–water partition coefficient (Wildman–Crippen LogP) is 3.15. The van der Waals surface area contributed by atoms with Gasteiger partial charge in [0.15, 0.2) is 0 Å². The molecular weight excluding hydrogens is 308 g/mol. The van der Waals surface area contributed by atoms with Gasteiger partial charge < -0.3 is 10.0 Å². The maximum atomic E-state index is 10.9. The van der Waals surface area contributed by atoms with Crippen molar-refractivity contribution in [3.05, 3.63) is 34.8 Å². The van der Waals surface area contributed by atoms with Crippen molar-refractivity contribution < 1.29 is 9.90 Å². The van der Waals surface area contributed by atoms with E-state index in [1.54, 1.807) is 6.92 Å². The Morgan fingerprint density at radius 3 is 2.84 bits per heavy atom. The van der Waals surface area contributed by atoms with E-state index < -0.39 is 11.9 Å². The quantitative estimate of drug-likeness (QED) is 0.939. The van der Waals surface area contributed by atoms with E-state index in [2.05, 4.69) is 20.9 Å². The highest BCUT2D eigenvalue weighted by Crippen LogP contribution is 2.21. The summed E-state index contributed by atoms with van der Waals surface area (Å²) in [5.41, 5.74) is 0.899. The van der Waals surface area contributed by atoms with E-state index in [1.807, 2.05) is 42.3 Å². The zero-order valence-corrected chi connectivity index (χ0v) is 12.4. The van der Waals surface area contributed by atoms with Crippen molar-refractivity contribution in [2.24, 2.45) is 5.92 Å². The van der Waals surface area contributed by atoms with E-state index in [0.29, 0.717) is 6.54 Å². The molecule has 2 rings (SSSR count). The third kappa shape index (κ3) is 3.23. The number of pyridine rings is 1. The number of aromatic nitrogens is 1. The maximum absolute atomic E-state index is 10.9. The van der Waals surface area contributed by atoms with Gasteiger partial charge in [-0.1, -0.05) is 22.9 Å². The van der Waals surface area contributed by atoms with Gasteiger partial charge in [-0.2, -0.15) is 0 Å². The van der Waals surface area contributed by atoms with Crippen LogP contribution in [0.4, 0.5) is 5.82 Å². The number of hydrogen-bond acceptors (Lipinski definition) is 3. The lowest BCUT2D eigenvalue weighted by Crippen LogP contribution is -2.28. The molecule has 19 heavy (non-hydrogen) atoms. The topological polar surface area (TPSA) is 53.4 Å². The first-order valence-electron chi connectivity index (χ1n) is 5.97. The largest absolute Gasteiger partial charge is 0.481 e. The van der Waals surface area contributed by atoms with E-state index in [9.17, 15) is 4.79 Å². The summed E-state index contributed by atoms with van der Waals surface area (Å²) in [4.78, 5) is 17.3. The van der Waals surface area contributed by atoms with Gasteiger partial charge in [0.25, 0.3) is 0 Å². The minimum absolute atomic E-state index is 0.424. The molecule has 0 aliphatic rings. The number of carboxylic acids is 1. The number of halogens is 1. The molecule has 0 radical (unpaired) electrons. The molecule has 1 N–H and O–H groups in total. The van der Waals surface area contributed by atoms with Crippen LogP contribution in [-0.2, 0) is 4.79 Å². The van der Waals surface area contributed by atoms with Crippen molar-refractivity contribution in [3.8, 4) is 0 Å². The molecule has 0 bridgehead atoms. The summed E-state index contributed by atoms with van der Waals surface area (Å²) in [6, 6.07) is 9.79.